The Morgan fingerprint density at radius 1 is 1.14 bits per heavy atom. The van der Waals surface area contributed by atoms with Crippen molar-refractivity contribution in [3.05, 3.63) is 59.7 Å². The standard InChI is InChI=1S/C17H12F3N7O2/c1-9-7-14(26-29-9)25-16(28)10-8-21-27-6-5-13(24-15(10)27)23-12-4-2-3-11(22-12)17(18,19)20/h2-8H,1H3,(H,22,23,24)(H,25,26,28). The van der Waals surface area contributed by atoms with E-state index in [0.29, 0.717) is 5.76 Å². The summed E-state index contributed by atoms with van der Waals surface area (Å²) >= 11 is 0. The number of nitrogens with one attached hydrogen (secondary N) is 2. The van der Waals surface area contributed by atoms with Gasteiger partial charge in [-0.05, 0) is 25.1 Å². The van der Waals surface area contributed by atoms with Crippen molar-refractivity contribution >= 4 is 29.0 Å². The van der Waals surface area contributed by atoms with Crippen LogP contribution in [0.4, 0.5) is 30.6 Å². The van der Waals surface area contributed by atoms with Crippen molar-refractivity contribution in [3.63, 3.8) is 0 Å². The molecule has 2 N–H and O–H groups in total. The Labute approximate surface area is 160 Å². The molecule has 4 aromatic heterocycles. The first-order valence-electron chi connectivity index (χ1n) is 8.20. The average Bonchev–Trinajstić information content (AvgIpc) is 3.27. The summed E-state index contributed by atoms with van der Waals surface area (Å²) in [6, 6.07) is 6.51. The number of anilines is 3. The van der Waals surface area contributed by atoms with E-state index in [2.05, 4.69) is 30.9 Å². The van der Waals surface area contributed by atoms with Crippen LogP contribution in [0.15, 0.2) is 47.2 Å². The zero-order chi connectivity index (χ0) is 20.6. The van der Waals surface area contributed by atoms with Gasteiger partial charge in [0.25, 0.3) is 5.91 Å². The summed E-state index contributed by atoms with van der Waals surface area (Å²) in [5.41, 5.74) is -0.693. The number of rotatable bonds is 4. The number of amides is 1. The van der Waals surface area contributed by atoms with Crippen molar-refractivity contribution in [2.24, 2.45) is 0 Å². The van der Waals surface area contributed by atoms with E-state index in [1.807, 2.05) is 0 Å². The van der Waals surface area contributed by atoms with E-state index < -0.39 is 17.8 Å². The van der Waals surface area contributed by atoms with Gasteiger partial charge < -0.3 is 15.2 Å². The molecule has 0 atom stereocenters. The molecule has 0 saturated heterocycles. The Morgan fingerprint density at radius 2 is 1.93 bits per heavy atom. The Kier molecular flexibility index (Phi) is 4.37. The van der Waals surface area contributed by atoms with Gasteiger partial charge in [0.2, 0.25) is 0 Å². The van der Waals surface area contributed by atoms with Gasteiger partial charge in [0.1, 0.15) is 28.7 Å². The molecule has 4 rings (SSSR count). The molecule has 0 bridgehead atoms. The van der Waals surface area contributed by atoms with Gasteiger partial charge in [-0.3, -0.25) is 4.79 Å². The topological polar surface area (TPSA) is 110 Å². The minimum atomic E-state index is -4.56. The Morgan fingerprint density at radius 3 is 2.66 bits per heavy atom. The number of hydrogen-bond donors (Lipinski definition) is 2. The van der Waals surface area contributed by atoms with Gasteiger partial charge in [-0.2, -0.15) is 18.3 Å². The highest BCUT2D eigenvalue weighted by Gasteiger charge is 2.32. The Bertz CT molecular complexity index is 1200. The molecule has 4 aromatic rings. The van der Waals surface area contributed by atoms with E-state index in [0.717, 1.165) is 6.07 Å². The monoisotopic (exact) mass is 403 g/mol. The third kappa shape index (κ3) is 3.85. The molecule has 0 aliphatic carbocycles. The SMILES string of the molecule is Cc1cc(NC(=O)c2cnn3ccc(Nc4cccc(C(F)(F)F)n4)nc23)no1. The highest BCUT2D eigenvalue weighted by molar-refractivity contribution is 6.07. The van der Waals surface area contributed by atoms with Crippen LogP contribution in [-0.4, -0.2) is 30.6 Å². The molecule has 0 unspecified atom stereocenters. The lowest BCUT2D eigenvalue weighted by Crippen LogP contribution is -2.12. The van der Waals surface area contributed by atoms with Crippen LogP contribution in [0.2, 0.25) is 0 Å². The first-order chi connectivity index (χ1) is 13.8. The van der Waals surface area contributed by atoms with Crippen molar-refractivity contribution in [2.45, 2.75) is 13.1 Å². The Balaban J connectivity index is 1.61. The minimum Gasteiger partial charge on any atom is -0.360 e. The minimum absolute atomic E-state index is 0.0414. The quantitative estimate of drug-likeness (QED) is 0.537. The molecule has 9 nitrogen and oxygen atoms in total. The number of fused-ring (bicyclic) bond motifs is 1. The molecule has 0 fully saturated rings. The van der Waals surface area contributed by atoms with Crippen LogP contribution in [0.5, 0.6) is 0 Å². The van der Waals surface area contributed by atoms with Gasteiger partial charge in [0.05, 0.1) is 6.20 Å². The van der Waals surface area contributed by atoms with Crippen molar-refractivity contribution in [3.8, 4) is 0 Å². The summed E-state index contributed by atoms with van der Waals surface area (Å²) < 4.78 is 44.7. The fraction of sp³-hybridized carbons (Fsp3) is 0.118. The first-order valence-corrected chi connectivity index (χ1v) is 8.20. The summed E-state index contributed by atoms with van der Waals surface area (Å²) in [4.78, 5) is 20.3. The van der Waals surface area contributed by atoms with Crippen LogP contribution >= 0.6 is 0 Å². The summed E-state index contributed by atoms with van der Waals surface area (Å²) in [6.45, 7) is 1.68. The molecule has 0 aliphatic heterocycles. The highest BCUT2D eigenvalue weighted by atomic mass is 19.4. The molecular formula is C17H12F3N7O2. The zero-order valence-corrected chi connectivity index (χ0v) is 14.7. The largest absolute Gasteiger partial charge is 0.433 e. The van der Waals surface area contributed by atoms with E-state index in [9.17, 15) is 18.0 Å². The number of carbonyl (C=O) groups excluding carboxylic acids is 1. The fourth-order valence-electron chi connectivity index (χ4n) is 2.50. The Hall–Kier alpha value is -3.96. The lowest BCUT2D eigenvalue weighted by Gasteiger charge is -2.09. The summed E-state index contributed by atoms with van der Waals surface area (Å²) in [7, 11) is 0. The van der Waals surface area contributed by atoms with Gasteiger partial charge in [0.15, 0.2) is 11.5 Å². The molecule has 0 saturated carbocycles. The number of pyridine rings is 1. The maximum atomic E-state index is 12.8. The van der Waals surface area contributed by atoms with Crippen molar-refractivity contribution in [2.75, 3.05) is 10.6 Å². The average molecular weight is 403 g/mol. The normalized spacial score (nSPS) is 11.6. The van der Waals surface area contributed by atoms with Gasteiger partial charge in [-0.15, -0.1) is 0 Å². The number of nitrogens with zero attached hydrogens (tertiary/aromatic N) is 5. The van der Waals surface area contributed by atoms with Crippen LogP contribution in [0, 0.1) is 6.92 Å². The van der Waals surface area contributed by atoms with Crippen LogP contribution in [0.25, 0.3) is 5.65 Å². The smallest absolute Gasteiger partial charge is 0.360 e. The molecule has 29 heavy (non-hydrogen) atoms. The lowest BCUT2D eigenvalue weighted by molar-refractivity contribution is -0.141. The molecule has 0 spiro atoms. The number of aryl methyl sites for hydroxylation is 1. The predicted octanol–water partition coefficient (Wildman–Crippen LogP) is 3.44. The van der Waals surface area contributed by atoms with E-state index in [-0.39, 0.29) is 28.7 Å². The zero-order valence-electron chi connectivity index (χ0n) is 14.7. The second-order valence-corrected chi connectivity index (χ2v) is 5.95. The third-order valence-electron chi connectivity index (χ3n) is 3.78. The van der Waals surface area contributed by atoms with Crippen molar-refractivity contribution in [1.29, 1.82) is 0 Å². The first kappa shape index (κ1) is 18.4. The van der Waals surface area contributed by atoms with E-state index in [4.69, 9.17) is 4.52 Å². The number of alkyl halides is 3. The molecule has 1 amide bonds. The number of carbonyl (C=O) groups is 1. The molecule has 0 aromatic carbocycles. The second kappa shape index (κ2) is 6.89. The number of aromatic nitrogens is 5. The molecule has 148 valence electrons. The van der Waals surface area contributed by atoms with Crippen LogP contribution in [-0.2, 0) is 6.18 Å². The van der Waals surface area contributed by atoms with Gasteiger partial charge >= 0.3 is 6.18 Å². The van der Waals surface area contributed by atoms with Crippen molar-refractivity contribution < 1.29 is 22.5 Å². The van der Waals surface area contributed by atoms with E-state index >= 15 is 0 Å². The number of hydrogen-bond acceptors (Lipinski definition) is 7. The van der Waals surface area contributed by atoms with Gasteiger partial charge in [-0.25, -0.2) is 14.5 Å². The van der Waals surface area contributed by atoms with Gasteiger partial charge in [-0.1, -0.05) is 11.2 Å². The fourth-order valence-corrected chi connectivity index (χ4v) is 2.50. The van der Waals surface area contributed by atoms with E-state index in [1.165, 1.54) is 35.1 Å². The second-order valence-electron chi connectivity index (χ2n) is 5.95. The lowest BCUT2D eigenvalue weighted by atomic mass is 10.3. The van der Waals surface area contributed by atoms with Crippen LogP contribution in [0.3, 0.4) is 0 Å². The summed E-state index contributed by atoms with van der Waals surface area (Å²) in [5.74, 6) is 0.388. The third-order valence-corrected chi connectivity index (χ3v) is 3.78. The van der Waals surface area contributed by atoms with E-state index in [1.54, 1.807) is 13.0 Å². The molecule has 0 radical (unpaired) electrons. The number of halogens is 3. The van der Waals surface area contributed by atoms with Crippen molar-refractivity contribution in [1.82, 2.24) is 24.7 Å². The van der Waals surface area contributed by atoms with Crippen LogP contribution in [0.1, 0.15) is 21.8 Å². The molecule has 4 heterocycles. The van der Waals surface area contributed by atoms with Crippen LogP contribution < -0.4 is 10.6 Å². The predicted molar refractivity (Wildman–Crippen MR) is 94.7 cm³/mol. The molecular weight excluding hydrogens is 391 g/mol. The molecule has 0 aliphatic rings. The maximum Gasteiger partial charge on any atom is 0.433 e. The van der Waals surface area contributed by atoms with Gasteiger partial charge in [0, 0.05) is 12.3 Å². The summed E-state index contributed by atoms with van der Waals surface area (Å²) in [5, 5.41) is 13.0. The highest BCUT2D eigenvalue weighted by Crippen LogP contribution is 2.28. The maximum absolute atomic E-state index is 12.8. The summed E-state index contributed by atoms with van der Waals surface area (Å²) in [6.07, 6.45) is -1.74. The molecule has 12 heteroatoms.